The third-order valence-corrected chi connectivity index (χ3v) is 16.4. The number of nitrogens with zero attached hydrogens (tertiary/aromatic N) is 12. The fourth-order valence-electron chi connectivity index (χ4n) is 12.0. The summed E-state index contributed by atoms with van der Waals surface area (Å²) in [6.07, 6.45) is 10.8. The van der Waals surface area contributed by atoms with Gasteiger partial charge in [-0.25, -0.2) is 9.36 Å². The normalized spacial score (nSPS) is 15.4. The predicted octanol–water partition coefficient (Wildman–Crippen LogP) is 12.6. The van der Waals surface area contributed by atoms with Crippen molar-refractivity contribution in [2.24, 2.45) is 0 Å². The largest absolute Gasteiger partial charge is 0.297 e. The Morgan fingerprint density at radius 2 is 0.595 bits per heavy atom. The topological polar surface area (TPSA) is 100 Å². The van der Waals surface area contributed by atoms with Gasteiger partial charge in [-0.2, -0.15) is 0 Å². The van der Waals surface area contributed by atoms with Gasteiger partial charge in [0.25, 0.3) is 0 Å². The second kappa shape index (κ2) is 30.0. The van der Waals surface area contributed by atoms with Crippen molar-refractivity contribution in [2.75, 3.05) is 65.4 Å². The molecule has 2 aliphatic rings. The lowest BCUT2D eigenvalue weighted by Gasteiger charge is -2.38. The minimum atomic E-state index is 0.00936. The van der Waals surface area contributed by atoms with Crippen LogP contribution in [-0.2, 0) is 13.1 Å². The Hall–Kier alpha value is -8.78. The van der Waals surface area contributed by atoms with Crippen molar-refractivity contribution >= 4 is 12.2 Å². The highest BCUT2D eigenvalue weighted by atomic mass is 15.6. The minimum absolute atomic E-state index is 0.00936. The van der Waals surface area contributed by atoms with Gasteiger partial charge in [-0.1, -0.05) is 267 Å². The van der Waals surface area contributed by atoms with Crippen molar-refractivity contribution in [2.45, 2.75) is 49.9 Å². The van der Waals surface area contributed by atoms with Crippen LogP contribution in [-0.4, -0.2) is 125 Å². The molecule has 10 aromatic rings. The lowest BCUT2D eigenvalue weighted by Crippen LogP contribution is -2.48. The van der Waals surface area contributed by atoms with Gasteiger partial charge < -0.3 is 0 Å². The van der Waals surface area contributed by atoms with Crippen molar-refractivity contribution in [3.63, 3.8) is 0 Å². The zero-order valence-electron chi connectivity index (χ0n) is 48.0. The molecular formula is C72H76N12. The molecular weight excluding hydrogens is 1030 g/mol. The Labute approximate surface area is 496 Å². The second-order valence-corrected chi connectivity index (χ2v) is 21.8. The number of aryl methyl sites for hydroxylation is 2. The highest BCUT2D eigenvalue weighted by Crippen LogP contribution is 2.34. The van der Waals surface area contributed by atoms with E-state index in [0.29, 0.717) is 0 Å². The molecule has 4 heterocycles. The molecule has 12 nitrogen and oxygen atoms in total. The van der Waals surface area contributed by atoms with E-state index in [2.05, 4.69) is 318 Å². The molecule has 84 heavy (non-hydrogen) atoms. The summed E-state index contributed by atoms with van der Waals surface area (Å²) in [5, 5.41) is 26.7. The first kappa shape index (κ1) is 57.1. The summed E-state index contributed by atoms with van der Waals surface area (Å²) < 4.78 is 4.07. The van der Waals surface area contributed by atoms with Gasteiger partial charge >= 0.3 is 0 Å². The molecule has 2 atom stereocenters. The summed E-state index contributed by atoms with van der Waals surface area (Å²) >= 11 is 0. The summed E-state index contributed by atoms with van der Waals surface area (Å²) in [6.45, 7) is 11.3. The van der Waals surface area contributed by atoms with E-state index in [-0.39, 0.29) is 23.9 Å². The number of hydrogen-bond acceptors (Lipinski definition) is 10. The fourth-order valence-corrected chi connectivity index (χ4v) is 12.0. The first-order chi connectivity index (χ1) is 41.7. The van der Waals surface area contributed by atoms with Crippen molar-refractivity contribution in [3.8, 4) is 0 Å². The average Bonchev–Trinajstić information content (AvgIpc) is 4.39. The molecule has 0 amide bonds. The molecule has 12 heteroatoms. The highest BCUT2D eigenvalue weighted by Gasteiger charge is 2.32. The van der Waals surface area contributed by atoms with Crippen LogP contribution < -0.4 is 0 Å². The quantitative estimate of drug-likeness (QED) is 0.0652. The summed E-state index contributed by atoms with van der Waals surface area (Å²) in [7, 11) is 0. The molecule has 2 aliphatic heterocycles. The number of tetrazole rings is 2. The molecule has 424 valence electrons. The molecule has 0 aliphatic carbocycles. The van der Waals surface area contributed by atoms with Crippen LogP contribution in [0.3, 0.4) is 0 Å². The standard InChI is InChI=1S/2C36H38N6/c2*1-5-14-30(15-6-1)16-13-24-40-26-28-41(29-27-40)35(33-21-11-4-12-22-33)36-37-38-39-42(36)25-23-34(31-17-7-2-8-18-31)32-19-9-3-10-20-32/h2*1-22,34-35H,23-29H2/b2*16-13+/t2*35-/m10/s1. The molecule has 0 N–H and O–H groups in total. The third-order valence-electron chi connectivity index (χ3n) is 16.4. The number of hydrogen-bond donors (Lipinski definition) is 0. The molecule has 0 radical (unpaired) electrons. The summed E-state index contributed by atoms with van der Waals surface area (Å²) in [4.78, 5) is 10.1. The maximum Gasteiger partial charge on any atom is 0.173 e. The van der Waals surface area contributed by atoms with Crippen LogP contribution in [0.25, 0.3) is 12.2 Å². The lowest BCUT2D eigenvalue weighted by molar-refractivity contribution is 0.112. The predicted molar refractivity (Wildman–Crippen MR) is 338 cm³/mol. The molecule has 0 saturated carbocycles. The van der Waals surface area contributed by atoms with E-state index < -0.39 is 0 Å². The maximum absolute atomic E-state index is 4.63. The Morgan fingerprint density at radius 3 is 0.893 bits per heavy atom. The van der Waals surface area contributed by atoms with Gasteiger partial charge in [0.15, 0.2) is 11.6 Å². The van der Waals surface area contributed by atoms with Gasteiger partial charge in [0.1, 0.15) is 0 Å². The number of piperazine rings is 2. The SMILES string of the molecule is C(=C\c1ccccc1)/CN1CCN([C@@H](c2ccccc2)c2nnnn2CCC(c2ccccc2)c2ccccc2)CC1.C(=C\c1ccccc1)/CN1CCN([C@H](c2ccccc2)c2nnnn2CCC(c2ccccc2)c2ccccc2)CC1. The zero-order chi connectivity index (χ0) is 56.8. The maximum atomic E-state index is 4.63. The van der Waals surface area contributed by atoms with Gasteiger partial charge in [0.2, 0.25) is 0 Å². The molecule has 12 rings (SSSR count). The van der Waals surface area contributed by atoms with E-state index in [9.17, 15) is 0 Å². The van der Waals surface area contributed by atoms with E-state index in [4.69, 9.17) is 0 Å². The van der Waals surface area contributed by atoms with E-state index in [1.54, 1.807) is 0 Å². The Morgan fingerprint density at radius 1 is 0.321 bits per heavy atom. The Bertz CT molecular complexity index is 3180. The molecule has 8 aromatic carbocycles. The lowest BCUT2D eigenvalue weighted by atomic mass is 9.88. The van der Waals surface area contributed by atoms with Gasteiger partial charge in [0, 0.05) is 90.4 Å². The molecule has 0 spiro atoms. The van der Waals surface area contributed by atoms with Crippen molar-refractivity contribution in [1.82, 2.24) is 60.0 Å². The Balaban J connectivity index is 0.000000175. The average molecular weight is 1110 g/mol. The van der Waals surface area contributed by atoms with Gasteiger partial charge in [0.05, 0.1) is 12.1 Å². The van der Waals surface area contributed by atoms with Crippen LogP contribution in [0.5, 0.6) is 0 Å². The van der Waals surface area contributed by atoms with Gasteiger partial charge in [-0.15, -0.1) is 10.2 Å². The number of benzene rings is 8. The molecule has 0 unspecified atom stereocenters. The Kier molecular flexibility index (Phi) is 20.4. The highest BCUT2D eigenvalue weighted by molar-refractivity contribution is 5.49. The van der Waals surface area contributed by atoms with Gasteiger partial charge in [-0.05, 0) is 78.2 Å². The molecule has 2 saturated heterocycles. The first-order valence-corrected chi connectivity index (χ1v) is 29.9. The zero-order valence-corrected chi connectivity index (χ0v) is 48.0. The van der Waals surface area contributed by atoms with Crippen molar-refractivity contribution in [3.05, 3.63) is 311 Å². The van der Waals surface area contributed by atoms with Crippen LogP contribution in [0, 0.1) is 0 Å². The van der Waals surface area contributed by atoms with Crippen LogP contribution in [0.1, 0.15) is 92.9 Å². The van der Waals surface area contributed by atoms with E-state index >= 15 is 0 Å². The molecule has 2 aromatic heterocycles. The summed E-state index contributed by atoms with van der Waals surface area (Å²) in [5.74, 6) is 2.37. The van der Waals surface area contributed by atoms with Crippen LogP contribution in [0.2, 0.25) is 0 Å². The van der Waals surface area contributed by atoms with E-state index in [1.807, 2.05) is 9.36 Å². The third kappa shape index (κ3) is 15.5. The van der Waals surface area contributed by atoms with Crippen LogP contribution in [0.15, 0.2) is 255 Å². The summed E-state index contributed by atoms with van der Waals surface area (Å²) in [5.41, 5.74) is 10.2. The minimum Gasteiger partial charge on any atom is -0.297 e. The van der Waals surface area contributed by atoms with Crippen molar-refractivity contribution in [1.29, 1.82) is 0 Å². The van der Waals surface area contributed by atoms with Crippen LogP contribution in [0.4, 0.5) is 0 Å². The smallest absolute Gasteiger partial charge is 0.173 e. The van der Waals surface area contributed by atoms with E-state index in [0.717, 1.165) is 103 Å². The van der Waals surface area contributed by atoms with Crippen molar-refractivity contribution < 1.29 is 0 Å². The second-order valence-electron chi connectivity index (χ2n) is 21.8. The summed E-state index contributed by atoms with van der Waals surface area (Å²) in [6, 6.07) is 85.5. The van der Waals surface area contributed by atoms with Gasteiger partial charge in [-0.3, -0.25) is 19.6 Å². The monoisotopic (exact) mass is 1110 g/mol. The van der Waals surface area contributed by atoms with E-state index in [1.165, 1.54) is 44.5 Å². The molecule has 2 fully saturated rings. The van der Waals surface area contributed by atoms with Crippen LogP contribution >= 0.6 is 0 Å². The number of aromatic nitrogens is 8. The fraction of sp³-hybridized carbons (Fsp3) is 0.250. The number of rotatable bonds is 22. The molecule has 0 bridgehead atoms. The first-order valence-electron chi connectivity index (χ1n) is 29.9.